The second-order valence-corrected chi connectivity index (χ2v) is 5.95. The molecule has 5 nitrogen and oxygen atoms in total. The summed E-state index contributed by atoms with van der Waals surface area (Å²) in [6.07, 6.45) is 1.59. The van der Waals surface area contributed by atoms with Gasteiger partial charge < -0.3 is 10.0 Å². The Hall–Kier alpha value is -2.08. The van der Waals surface area contributed by atoms with Crippen molar-refractivity contribution in [3.05, 3.63) is 42.1 Å². The average Bonchev–Trinajstić information content (AvgIpc) is 2.53. The van der Waals surface area contributed by atoms with Gasteiger partial charge in [-0.15, -0.1) is 0 Å². The summed E-state index contributed by atoms with van der Waals surface area (Å²) in [7, 11) is 0. The first kappa shape index (κ1) is 13.9. The third-order valence-corrected chi connectivity index (χ3v) is 4.58. The van der Waals surface area contributed by atoms with E-state index in [-0.39, 0.29) is 5.91 Å². The van der Waals surface area contributed by atoms with Crippen LogP contribution < -0.4 is 0 Å². The Bertz CT molecular complexity index is 699. The zero-order chi connectivity index (χ0) is 14.8. The molecule has 1 N–H and O–H groups in total. The minimum atomic E-state index is -0.950. The fourth-order valence-corrected chi connectivity index (χ4v) is 3.53. The number of hydrogen-bond acceptors (Lipinski definition) is 4. The van der Waals surface area contributed by atoms with Crippen LogP contribution in [-0.4, -0.2) is 51.0 Å². The lowest BCUT2D eigenvalue weighted by Crippen LogP contribution is -2.50. The predicted molar refractivity (Wildman–Crippen MR) is 81.5 cm³/mol. The normalized spacial score (nSPS) is 18.7. The van der Waals surface area contributed by atoms with Crippen LogP contribution in [0.4, 0.5) is 0 Å². The van der Waals surface area contributed by atoms with Gasteiger partial charge in [-0.2, -0.15) is 11.8 Å². The van der Waals surface area contributed by atoms with Gasteiger partial charge in [0.25, 0.3) is 5.91 Å². The fraction of sp³-hybridized carbons (Fsp3) is 0.267. The molecule has 6 heteroatoms. The molecule has 21 heavy (non-hydrogen) atoms. The molecular formula is C15H14N2O3S. The highest BCUT2D eigenvalue weighted by molar-refractivity contribution is 7.99. The van der Waals surface area contributed by atoms with Gasteiger partial charge in [0.05, 0.1) is 11.1 Å². The molecule has 1 aliphatic rings. The number of carbonyl (C=O) groups excluding carboxylic acids is 1. The van der Waals surface area contributed by atoms with Crippen LogP contribution >= 0.6 is 11.8 Å². The number of thioether (sulfide) groups is 1. The van der Waals surface area contributed by atoms with Gasteiger partial charge in [0.1, 0.15) is 6.04 Å². The second-order valence-electron chi connectivity index (χ2n) is 4.80. The van der Waals surface area contributed by atoms with E-state index in [2.05, 4.69) is 4.98 Å². The summed E-state index contributed by atoms with van der Waals surface area (Å²) in [5.74, 6) is 0.0121. The van der Waals surface area contributed by atoms with Crippen LogP contribution in [-0.2, 0) is 4.79 Å². The van der Waals surface area contributed by atoms with E-state index in [4.69, 9.17) is 0 Å². The minimum Gasteiger partial charge on any atom is -0.480 e. The van der Waals surface area contributed by atoms with Crippen LogP contribution in [0.3, 0.4) is 0 Å². The summed E-state index contributed by atoms with van der Waals surface area (Å²) in [6, 6.07) is 8.29. The minimum absolute atomic E-state index is 0.235. The highest BCUT2D eigenvalue weighted by Gasteiger charge is 2.33. The topological polar surface area (TPSA) is 70.5 Å². The lowest BCUT2D eigenvalue weighted by atomic mass is 10.1. The van der Waals surface area contributed by atoms with Gasteiger partial charge in [0.2, 0.25) is 0 Å². The number of aromatic nitrogens is 1. The molecule has 1 aromatic carbocycles. The molecule has 0 radical (unpaired) electrons. The molecule has 108 valence electrons. The zero-order valence-corrected chi connectivity index (χ0v) is 12.0. The number of carbonyl (C=O) groups is 2. The molecule has 1 saturated heterocycles. The van der Waals surface area contributed by atoms with Crippen molar-refractivity contribution < 1.29 is 14.7 Å². The number of para-hydroxylation sites is 1. The molecule has 1 unspecified atom stereocenters. The number of benzene rings is 1. The summed E-state index contributed by atoms with van der Waals surface area (Å²) >= 11 is 1.56. The lowest BCUT2D eigenvalue weighted by Gasteiger charge is -2.32. The van der Waals surface area contributed by atoms with E-state index in [1.807, 2.05) is 24.3 Å². The number of aliphatic carboxylic acids is 1. The smallest absolute Gasteiger partial charge is 0.327 e. The maximum Gasteiger partial charge on any atom is 0.327 e. The Kier molecular flexibility index (Phi) is 3.79. The Morgan fingerprint density at radius 1 is 1.29 bits per heavy atom. The van der Waals surface area contributed by atoms with Crippen molar-refractivity contribution in [3.8, 4) is 0 Å². The first-order chi connectivity index (χ1) is 10.2. The molecule has 0 aliphatic carbocycles. The van der Waals surface area contributed by atoms with Crippen molar-refractivity contribution >= 4 is 34.5 Å². The van der Waals surface area contributed by atoms with Gasteiger partial charge in [0, 0.05) is 29.6 Å². The Balaban J connectivity index is 2.01. The van der Waals surface area contributed by atoms with Gasteiger partial charge in [-0.1, -0.05) is 18.2 Å². The molecule has 0 saturated carbocycles. The van der Waals surface area contributed by atoms with E-state index in [9.17, 15) is 14.7 Å². The molecule has 1 aromatic heterocycles. The number of nitrogens with zero attached hydrogens (tertiary/aromatic N) is 2. The van der Waals surface area contributed by atoms with Crippen LogP contribution in [0.5, 0.6) is 0 Å². The molecule has 1 amide bonds. The summed E-state index contributed by atoms with van der Waals surface area (Å²) < 4.78 is 0. The number of fused-ring (bicyclic) bond motifs is 1. The van der Waals surface area contributed by atoms with Crippen molar-refractivity contribution in [1.29, 1.82) is 0 Å². The van der Waals surface area contributed by atoms with Gasteiger partial charge >= 0.3 is 5.97 Å². The largest absolute Gasteiger partial charge is 0.480 e. The van der Waals surface area contributed by atoms with Crippen molar-refractivity contribution in [2.75, 3.05) is 18.1 Å². The molecule has 2 heterocycles. The second kappa shape index (κ2) is 5.73. The maximum absolute atomic E-state index is 12.8. The zero-order valence-electron chi connectivity index (χ0n) is 11.2. The molecule has 2 aromatic rings. The van der Waals surface area contributed by atoms with Crippen LogP contribution in [0.15, 0.2) is 36.5 Å². The van der Waals surface area contributed by atoms with Gasteiger partial charge in [-0.05, 0) is 12.1 Å². The van der Waals surface area contributed by atoms with Crippen LogP contribution in [0.1, 0.15) is 10.4 Å². The molecule has 3 rings (SSSR count). The highest BCUT2D eigenvalue weighted by Crippen LogP contribution is 2.23. The predicted octanol–water partition coefficient (Wildman–Crippen LogP) is 1.88. The third kappa shape index (κ3) is 2.58. The fourth-order valence-electron chi connectivity index (χ4n) is 2.49. The summed E-state index contributed by atoms with van der Waals surface area (Å²) in [5, 5.41) is 10.1. The highest BCUT2D eigenvalue weighted by atomic mass is 32.2. The third-order valence-electron chi connectivity index (χ3n) is 3.55. The first-order valence-corrected chi connectivity index (χ1v) is 7.79. The lowest BCUT2D eigenvalue weighted by molar-refractivity contribution is -0.141. The monoisotopic (exact) mass is 302 g/mol. The molecule has 1 aliphatic heterocycles. The SMILES string of the molecule is O=C(O)C1CSCCN1C(=O)c1ccnc2ccccc12. The van der Waals surface area contributed by atoms with E-state index >= 15 is 0 Å². The number of pyridine rings is 1. The quantitative estimate of drug-likeness (QED) is 0.917. The van der Waals surface area contributed by atoms with Crippen molar-refractivity contribution in [3.63, 3.8) is 0 Å². The molecule has 0 bridgehead atoms. The number of amides is 1. The Morgan fingerprint density at radius 3 is 2.90 bits per heavy atom. The molecule has 1 fully saturated rings. The van der Waals surface area contributed by atoms with Crippen molar-refractivity contribution in [1.82, 2.24) is 9.88 Å². The van der Waals surface area contributed by atoms with Gasteiger partial charge in [-0.25, -0.2) is 4.79 Å². The van der Waals surface area contributed by atoms with Crippen LogP contribution in [0, 0.1) is 0 Å². The number of carboxylic acid groups (broad SMARTS) is 1. The van der Waals surface area contributed by atoms with E-state index in [1.165, 1.54) is 4.90 Å². The maximum atomic E-state index is 12.8. The molecule has 1 atom stereocenters. The van der Waals surface area contributed by atoms with Gasteiger partial charge in [0.15, 0.2) is 0 Å². The molecular weight excluding hydrogens is 288 g/mol. The van der Waals surface area contributed by atoms with E-state index in [0.717, 1.165) is 16.7 Å². The first-order valence-electron chi connectivity index (χ1n) is 6.64. The number of carboxylic acids is 1. The van der Waals surface area contributed by atoms with E-state index in [0.29, 0.717) is 17.9 Å². The Morgan fingerprint density at radius 2 is 2.10 bits per heavy atom. The van der Waals surface area contributed by atoms with E-state index < -0.39 is 12.0 Å². The average molecular weight is 302 g/mol. The van der Waals surface area contributed by atoms with Crippen LogP contribution in [0.2, 0.25) is 0 Å². The standard InChI is InChI=1S/C15H14N2O3S/c18-14(17-7-8-21-9-13(17)15(19)20)11-5-6-16-12-4-2-1-3-10(11)12/h1-6,13H,7-9H2,(H,19,20). The van der Waals surface area contributed by atoms with Crippen LogP contribution in [0.25, 0.3) is 10.9 Å². The number of rotatable bonds is 2. The Labute approximate surface area is 126 Å². The summed E-state index contributed by atoms with van der Waals surface area (Å²) in [5.41, 5.74) is 1.25. The molecule has 0 spiro atoms. The van der Waals surface area contributed by atoms with Gasteiger partial charge in [-0.3, -0.25) is 9.78 Å². The van der Waals surface area contributed by atoms with Crippen molar-refractivity contribution in [2.24, 2.45) is 0 Å². The number of hydrogen-bond donors (Lipinski definition) is 1. The summed E-state index contributed by atoms with van der Waals surface area (Å²) in [6.45, 7) is 0.455. The van der Waals surface area contributed by atoms with E-state index in [1.54, 1.807) is 24.0 Å². The van der Waals surface area contributed by atoms with Crippen molar-refractivity contribution in [2.45, 2.75) is 6.04 Å². The summed E-state index contributed by atoms with van der Waals surface area (Å²) in [4.78, 5) is 29.8.